The minimum Gasteiger partial charge on any atom is -0.274 e. The van der Waals surface area contributed by atoms with Gasteiger partial charge in [-0.15, -0.1) is 0 Å². The Hall–Kier alpha value is -2.15. The van der Waals surface area contributed by atoms with Gasteiger partial charge in [-0.25, -0.2) is 17.8 Å². The molecule has 122 valence electrons. The molecule has 0 amide bonds. The summed E-state index contributed by atoms with van der Waals surface area (Å²) in [5, 5.41) is 0. The molecule has 0 bridgehead atoms. The van der Waals surface area contributed by atoms with Gasteiger partial charge in [0.05, 0.1) is 4.90 Å². The molecule has 2 aromatic rings. The Morgan fingerprint density at radius 1 is 1.09 bits per heavy atom. The molecular weight excluding hydrogens is 316 g/mol. The lowest BCUT2D eigenvalue weighted by Crippen LogP contribution is -2.34. The monoisotopic (exact) mass is 334 g/mol. The van der Waals surface area contributed by atoms with Gasteiger partial charge in [0.2, 0.25) is 5.91 Å². The fourth-order valence-electron chi connectivity index (χ4n) is 2.90. The number of hydrogen-bond donors (Lipinski definition) is 0. The van der Waals surface area contributed by atoms with E-state index in [9.17, 15) is 18.0 Å². The number of aryl methyl sites for hydroxylation is 1. The summed E-state index contributed by atoms with van der Waals surface area (Å²) in [6, 6.07) is 6.23. The van der Waals surface area contributed by atoms with Crippen LogP contribution in [0, 0.1) is 12.8 Å². The second-order valence-electron chi connectivity index (χ2n) is 5.88. The zero-order valence-corrected chi connectivity index (χ0v) is 13.6. The summed E-state index contributed by atoms with van der Waals surface area (Å²) in [6.07, 6.45) is 5.82. The number of benzene rings is 1. The van der Waals surface area contributed by atoms with Crippen LogP contribution in [0.3, 0.4) is 0 Å². The molecule has 23 heavy (non-hydrogen) atoms. The summed E-state index contributed by atoms with van der Waals surface area (Å²) in [5.41, 5.74) is 0.0905. The fourth-order valence-corrected chi connectivity index (χ4v) is 4.12. The molecule has 0 atom stereocenters. The topological polar surface area (TPSA) is 78.1 Å². The number of carbonyl (C=O) groups excluding carboxylic acids is 1. The third-order valence-corrected chi connectivity index (χ3v) is 5.93. The summed E-state index contributed by atoms with van der Waals surface area (Å²) in [5.74, 6) is -0.504. The van der Waals surface area contributed by atoms with E-state index in [4.69, 9.17) is 0 Å². The lowest BCUT2D eigenvalue weighted by Gasteiger charge is -2.07. The standard InChI is InChI=1S/C16H18N2O4S/c1-12-6-8-14(9-7-12)23(21,22)18-11-10-17(16(18)20)15(19)13-4-2-3-5-13/h6-11,13H,2-5H2,1H3. The molecule has 6 nitrogen and oxygen atoms in total. The summed E-state index contributed by atoms with van der Waals surface area (Å²) >= 11 is 0. The van der Waals surface area contributed by atoms with Crippen LogP contribution in [0.15, 0.2) is 46.3 Å². The van der Waals surface area contributed by atoms with Gasteiger partial charge < -0.3 is 0 Å². The summed E-state index contributed by atoms with van der Waals surface area (Å²) < 4.78 is 26.7. The van der Waals surface area contributed by atoms with E-state index in [1.165, 1.54) is 18.3 Å². The molecule has 0 aliphatic heterocycles. The third-order valence-electron chi connectivity index (χ3n) is 4.27. The molecule has 0 N–H and O–H groups in total. The van der Waals surface area contributed by atoms with Gasteiger partial charge in [0.1, 0.15) is 0 Å². The molecule has 0 radical (unpaired) electrons. The number of hydrogen-bond acceptors (Lipinski definition) is 4. The third kappa shape index (κ3) is 2.76. The van der Waals surface area contributed by atoms with E-state index in [0.717, 1.165) is 42.0 Å². The van der Waals surface area contributed by atoms with Gasteiger partial charge in [-0.3, -0.25) is 4.79 Å². The van der Waals surface area contributed by atoms with Crippen molar-refractivity contribution in [2.24, 2.45) is 5.92 Å². The second kappa shape index (κ2) is 5.81. The van der Waals surface area contributed by atoms with E-state index in [-0.39, 0.29) is 16.7 Å². The van der Waals surface area contributed by atoms with Crippen molar-refractivity contribution in [2.75, 3.05) is 0 Å². The predicted molar refractivity (Wildman–Crippen MR) is 85.0 cm³/mol. The van der Waals surface area contributed by atoms with E-state index < -0.39 is 15.7 Å². The van der Waals surface area contributed by atoms with Crippen molar-refractivity contribution in [3.63, 3.8) is 0 Å². The molecule has 0 unspecified atom stereocenters. The maximum Gasteiger partial charge on any atom is 0.349 e. The van der Waals surface area contributed by atoms with Gasteiger partial charge in [-0.1, -0.05) is 30.5 Å². The van der Waals surface area contributed by atoms with E-state index >= 15 is 0 Å². The van der Waals surface area contributed by atoms with E-state index in [1.54, 1.807) is 12.1 Å². The molecule has 1 saturated carbocycles. The van der Waals surface area contributed by atoms with Crippen LogP contribution in [0.2, 0.25) is 0 Å². The summed E-state index contributed by atoms with van der Waals surface area (Å²) in [4.78, 5) is 24.7. The highest BCUT2D eigenvalue weighted by atomic mass is 32.2. The van der Waals surface area contributed by atoms with Crippen LogP contribution < -0.4 is 5.69 Å². The van der Waals surface area contributed by atoms with Gasteiger partial charge in [0, 0.05) is 18.3 Å². The quantitative estimate of drug-likeness (QED) is 0.860. The highest BCUT2D eigenvalue weighted by Gasteiger charge is 2.28. The van der Waals surface area contributed by atoms with Crippen molar-refractivity contribution in [2.45, 2.75) is 37.5 Å². The fraction of sp³-hybridized carbons (Fsp3) is 0.375. The Labute approximate surface area is 134 Å². The highest BCUT2D eigenvalue weighted by molar-refractivity contribution is 7.90. The van der Waals surface area contributed by atoms with Crippen LogP contribution in [0.1, 0.15) is 36.0 Å². The number of carbonyl (C=O) groups is 1. The molecule has 1 aromatic carbocycles. The van der Waals surface area contributed by atoms with Crippen molar-refractivity contribution < 1.29 is 13.2 Å². The van der Waals surface area contributed by atoms with Crippen molar-refractivity contribution >= 4 is 15.9 Å². The van der Waals surface area contributed by atoms with Crippen LogP contribution >= 0.6 is 0 Å². The maximum absolute atomic E-state index is 12.6. The summed E-state index contributed by atoms with van der Waals surface area (Å²) in [6.45, 7) is 1.85. The Morgan fingerprint density at radius 2 is 1.70 bits per heavy atom. The van der Waals surface area contributed by atoms with Crippen molar-refractivity contribution in [1.82, 2.24) is 8.54 Å². The lowest BCUT2D eigenvalue weighted by molar-refractivity contribution is 0.0832. The van der Waals surface area contributed by atoms with Gasteiger partial charge in [-0.05, 0) is 31.9 Å². The average molecular weight is 334 g/mol. The van der Waals surface area contributed by atoms with Crippen LogP contribution in [0.4, 0.5) is 0 Å². The van der Waals surface area contributed by atoms with E-state index in [2.05, 4.69) is 0 Å². The molecule has 3 rings (SSSR count). The normalized spacial score (nSPS) is 15.9. The van der Waals surface area contributed by atoms with E-state index in [1.807, 2.05) is 6.92 Å². The molecule has 1 aliphatic carbocycles. The summed E-state index contributed by atoms with van der Waals surface area (Å²) in [7, 11) is -3.99. The second-order valence-corrected chi connectivity index (χ2v) is 7.70. The Balaban J connectivity index is 1.99. The number of rotatable bonds is 3. The van der Waals surface area contributed by atoms with Crippen LogP contribution in [-0.2, 0) is 10.0 Å². The predicted octanol–water partition coefficient (Wildman–Crippen LogP) is 2.03. The first-order chi connectivity index (χ1) is 10.9. The zero-order valence-electron chi connectivity index (χ0n) is 12.8. The SMILES string of the molecule is Cc1ccc(S(=O)(=O)n2ccn(C(=O)C3CCCC3)c2=O)cc1. The molecular formula is C16H18N2O4S. The molecule has 1 fully saturated rings. The minimum absolute atomic E-state index is 0.0243. The van der Waals surface area contributed by atoms with Crippen LogP contribution in [-0.4, -0.2) is 22.9 Å². The average Bonchev–Trinajstić information content (AvgIpc) is 3.16. The van der Waals surface area contributed by atoms with Gasteiger partial charge in [0.25, 0.3) is 10.0 Å². The zero-order chi connectivity index (χ0) is 16.6. The van der Waals surface area contributed by atoms with Crippen molar-refractivity contribution in [3.05, 3.63) is 52.7 Å². The molecule has 0 spiro atoms. The largest absolute Gasteiger partial charge is 0.349 e. The van der Waals surface area contributed by atoms with E-state index in [0.29, 0.717) is 3.97 Å². The maximum atomic E-state index is 12.6. The first-order valence-corrected chi connectivity index (χ1v) is 9.02. The number of imidazole rings is 1. The Morgan fingerprint density at radius 3 is 2.30 bits per heavy atom. The molecule has 1 aliphatic rings. The molecule has 1 aromatic heterocycles. The molecule has 1 heterocycles. The highest BCUT2D eigenvalue weighted by Crippen LogP contribution is 2.25. The Kier molecular flexibility index (Phi) is 3.97. The first-order valence-electron chi connectivity index (χ1n) is 7.58. The number of nitrogens with zero attached hydrogens (tertiary/aromatic N) is 2. The number of aromatic nitrogens is 2. The lowest BCUT2D eigenvalue weighted by atomic mass is 10.1. The van der Waals surface area contributed by atoms with Crippen LogP contribution in [0.25, 0.3) is 0 Å². The van der Waals surface area contributed by atoms with Crippen LogP contribution in [0.5, 0.6) is 0 Å². The molecule has 0 saturated heterocycles. The van der Waals surface area contributed by atoms with Crippen molar-refractivity contribution in [1.29, 1.82) is 0 Å². The molecule has 7 heteroatoms. The smallest absolute Gasteiger partial charge is 0.274 e. The van der Waals surface area contributed by atoms with Crippen molar-refractivity contribution in [3.8, 4) is 0 Å². The van der Waals surface area contributed by atoms with Gasteiger partial charge in [0.15, 0.2) is 0 Å². The van der Waals surface area contributed by atoms with Gasteiger partial charge in [-0.2, -0.15) is 3.97 Å². The Bertz CT molecular complexity index is 885. The first kappa shape index (κ1) is 15.7. The van der Waals surface area contributed by atoms with Gasteiger partial charge >= 0.3 is 5.69 Å². The minimum atomic E-state index is -3.99.